The van der Waals surface area contributed by atoms with Gasteiger partial charge in [0.1, 0.15) is 23.3 Å². The van der Waals surface area contributed by atoms with Crippen LogP contribution in [0.4, 0.5) is 23.2 Å². The molecular formula is C33H32F4N4O5S2. The quantitative estimate of drug-likeness (QED) is 0.215. The van der Waals surface area contributed by atoms with E-state index in [-0.39, 0.29) is 59.0 Å². The lowest BCUT2D eigenvalue weighted by molar-refractivity contribution is -0.116. The van der Waals surface area contributed by atoms with Crippen LogP contribution in [0.15, 0.2) is 88.9 Å². The molecule has 1 amide bonds. The lowest BCUT2D eigenvalue weighted by atomic mass is 9.88. The van der Waals surface area contributed by atoms with Crippen LogP contribution in [0.1, 0.15) is 35.4 Å². The van der Waals surface area contributed by atoms with Crippen LogP contribution in [0.3, 0.4) is 0 Å². The predicted molar refractivity (Wildman–Crippen MR) is 170 cm³/mol. The van der Waals surface area contributed by atoms with Gasteiger partial charge in [-0.3, -0.25) is 9.78 Å². The number of sulfonamides is 1. The molecule has 4 aromatic rings. The number of amides is 1. The summed E-state index contributed by atoms with van der Waals surface area (Å²) in [5, 5.41) is 5.78. The Balaban J connectivity index is 1.34. The molecular weight excluding hydrogens is 673 g/mol. The summed E-state index contributed by atoms with van der Waals surface area (Å²) in [7, 11) is -7.58. The molecule has 0 saturated carbocycles. The summed E-state index contributed by atoms with van der Waals surface area (Å²) in [6, 6.07) is 12.3. The van der Waals surface area contributed by atoms with Gasteiger partial charge in [0.25, 0.3) is 0 Å². The van der Waals surface area contributed by atoms with Gasteiger partial charge in [-0.05, 0) is 72.5 Å². The molecule has 0 bridgehead atoms. The first-order valence-corrected chi connectivity index (χ1v) is 18.2. The van der Waals surface area contributed by atoms with Crippen molar-refractivity contribution in [2.75, 3.05) is 31.2 Å². The number of anilines is 1. The van der Waals surface area contributed by atoms with Crippen molar-refractivity contribution in [1.82, 2.24) is 14.6 Å². The van der Waals surface area contributed by atoms with E-state index < -0.39 is 61.0 Å². The largest absolute Gasteiger partial charge is 0.324 e. The molecule has 3 aromatic carbocycles. The summed E-state index contributed by atoms with van der Waals surface area (Å²) < 4.78 is 109. The first-order valence-electron chi connectivity index (χ1n) is 14.9. The molecule has 1 unspecified atom stereocenters. The van der Waals surface area contributed by atoms with Crippen molar-refractivity contribution < 1.29 is 39.2 Å². The fraction of sp³-hybridized carbons (Fsp3) is 0.273. The summed E-state index contributed by atoms with van der Waals surface area (Å²) >= 11 is 0. The van der Waals surface area contributed by atoms with Crippen molar-refractivity contribution in [2.45, 2.75) is 41.0 Å². The lowest BCUT2D eigenvalue weighted by Crippen LogP contribution is -2.53. The third-order valence-electron chi connectivity index (χ3n) is 8.11. The molecule has 1 aromatic heterocycles. The van der Waals surface area contributed by atoms with E-state index in [9.17, 15) is 34.8 Å². The predicted octanol–water partition coefficient (Wildman–Crippen LogP) is 4.80. The van der Waals surface area contributed by atoms with Gasteiger partial charge in [-0.2, -0.15) is 4.31 Å². The number of hydrogen-bond acceptors (Lipinski definition) is 7. The number of benzene rings is 3. The Hall–Kier alpha value is -4.18. The van der Waals surface area contributed by atoms with Crippen LogP contribution in [0.5, 0.6) is 0 Å². The minimum Gasteiger partial charge on any atom is -0.324 e. The van der Waals surface area contributed by atoms with Crippen LogP contribution in [0.2, 0.25) is 0 Å². The Morgan fingerprint density at radius 2 is 1.54 bits per heavy atom. The topological polar surface area (TPSA) is 126 Å². The normalized spacial score (nSPS) is 16.4. The van der Waals surface area contributed by atoms with E-state index in [0.29, 0.717) is 18.2 Å². The van der Waals surface area contributed by atoms with Gasteiger partial charge in [0, 0.05) is 55.9 Å². The number of aromatic nitrogens is 1. The molecule has 1 fully saturated rings. The van der Waals surface area contributed by atoms with E-state index in [1.807, 2.05) is 0 Å². The van der Waals surface area contributed by atoms with Gasteiger partial charge in [0.2, 0.25) is 15.9 Å². The van der Waals surface area contributed by atoms with Gasteiger partial charge in [-0.1, -0.05) is 12.1 Å². The number of piperazine rings is 1. The second-order valence-corrected chi connectivity index (χ2v) is 15.4. The standard InChI is InChI=1S/C33H32F4N4O5S2/c1-47(43,44)27-7-9-28(10-8-27)48(45,46)41-13-12-38-18-26(41)6-11-29-31(37)19-39-20-32(29)40-33(42)17-30(21-2-4-23(34)5-3-21)22-14-24(35)16-25(36)15-22/h2-5,7-10,14-16,19-20,26,30,38H,6,11-13,17-18H2,1H3,(H,40,42)/t26-,30?/m0/s1. The molecule has 0 spiro atoms. The molecule has 254 valence electrons. The zero-order valence-corrected chi connectivity index (χ0v) is 27.3. The number of carbonyl (C=O) groups is 1. The SMILES string of the molecule is CS(=O)(=O)c1ccc(S(=O)(=O)N2CCNC[C@@H]2CCc2c(F)cncc2NC(=O)CC(c2ccc(F)cc2)c2cc(F)cc(F)c2)cc1. The minimum absolute atomic E-state index is 0.00580. The highest BCUT2D eigenvalue weighted by Crippen LogP contribution is 2.31. The number of nitrogens with one attached hydrogen (secondary N) is 2. The highest BCUT2D eigenvalue weighted by atomic mass is 32.2. The van der Waals surface area contributed by atoms with Crippen LogP contribution >= 0.6 is 0 Å². The maximum Gasteiger partial charge on any atom is 0.243 e. The molecule has 2 atom stereocenters. The second kappa shape index (κ2) is 14.5. The van der Waals surface area contributed by atoms with Gasteiger partial charge in [-0.15, -0.1) is 0 Å². The molecule has 1 aliphatic heterocycles. The summed E-state index contributed by atoms with van der Waals surface area (Å²) in [4.78, 5) is 17.1. The Morgan fingerprint density at radius 1 is 0.896 bits per heavy atom. The third kappa shape index (κ3) is 8.27. The molecule has 5 rings (SSSR count). The summed E-state index contributed by atoms with van der Waals surface area (Å²) in [5.74, 6) is -4.48. The first-order chi connectivity index (χ1) is 22.7. The summed E-state index contributed by atoms with van der Waals surface area (Å²) in [5.41, 5.74) is 0.682. The van der Waals surface area contributed by atoms with Gasteiger partial charge in [0.05, 0.1) is 27.9 Å². The summed E-state index contributed by atoms with van der Waals surface area (Å²) in [6.45, 7) is 0.750. The number of sulfone groups is 1. The Morgan fingerprint density at radius 3 is 2.19 bits per heavy atom. The molecule has 1 aliphatic rings. The van der Waals surface area contributed by atoms with Gasteiger partial charge in [0.15, 0.2) is 9.84 Å². The highest BCUT2D eigenvalue weighted by Gasteiger charge is 2.34. The number of halogens is 4. The van der Waals surface area contributed by atoms with Crippen LogP contribution in [0, 0.1) is 23.3 Å². The van der Waals surface area contributed by atoms with Crippen LogP contribution in [-0.4, -0.2) is 64.0 Å². The number of nitrogens with zero attached hydrogens (tertiary/aromatic N) is 2. The summed E-state index contributed by atoms with van der Waals surface area (Å²) in [6.07, 6.45) is 3.07. The van der Waals surface area contributed by atoms with Crippen molar-refractivity contribution >= 4 is 31.5 Å². The van der Waals surface area contributed by atoms with Crippen molar-refractivity contribution in [1.29, 1.82) is 0 Å². The van der Waals surface area contributed by atoms with E-state index in [4.69, 9.17) is 0 Å². The van der Waals surface area contributed by atoms with Crippen molar-refractivity contribution in [3.05, 3.63) is 119 Å². The molecule has 15 heteroatoms. The van der Waals surface area contributed by atoms with E-state index in [1.165, 1.54) is 59.0 Å². The lowest BCUT2D eigenvalue weighted by Gasteiger charge is -2.35. The van der Waals surface area contributed by atoms with Crippen molar-refractivity contribution in [3.8, 4) is 0 Å². The van der Waals surface area contributed by atoms with Crippen molar-refractivity contribution in [3.63, 3.8) is 0 Å². The van der Waals surface area contributed by atoms with Crippen LogP contribution in [0.25, 0.3) is 0 Å². The van der Waals surface area contributed by atoms with Gasteiger partial charge >= 0.3 is 0 Å². The zero-order chi connectivity index (χ0) is 34.6. The fourth-order valence-electron chi connectivity index (χ4n) is 5.72. The maximum absolute atomic E-state index is 15.2. The van der Waals surface area contributed by atoms with E-state index in [0.717, 1.165) is 24.6 Å². The third-order valence-corrected chi connectivity index (χ3v) is 11.2. The maximum atomic E-state index is 15.2. The van der Waals surface area contributed by atoms with E-state index in [2.05, 4.69) is 15.6 Å². The number of carbonyl (C=O) groups excluding carboxylic acids is 1. The van der Waals surface area contributed by atoms with E-state index in [1.54, 1.807) is 0 Å². The molecule has 2 heterocycles. The number of hydrogen-bond donors (Lipinski definition) is 2. The monoisotopic (exact) mass is 704 g/mol. The van der Waals surface area contributed by atoms with Crippen LogP contribution < -0.4 is 10.6 Å². The average molecular weight is 705 g/mol. The first kappa shape index (κ1) is 35.1. The molecule has 9 nitrogen and oxygen atoms in total. The Bertz CT molecular complexity index is 1990. The fourth-order valence-corrected chi connectivity index (χ4v) is 8.01. The Kier molecular flexibility index (Phi) is 10.6. The number of rotatable bonds is 11. The molecule has 0 radical (unpaired) electrons. The smallest absolute Gasteiger partial charge is 0.243 e. The van der Waals surface area contributed by atoms with E-state index >= 15 is 4.39 Å². The van der Waals surface area contributed by atoms with Gasteiger partial charge < -0.3 is 10.6 Å². The van der Waals surface area contributed by atoms with Crippen LogP contribution in [-0.2, 0) is 31.1 Å². The van der Waals surface area contributed by atoms with Gasteiger partial charge in [-0.25, -0.2) is 34.4 Å². The second-order valence-electron chi connectivity index (χ2n) is 11.5. The zero-order valence-electron chi connectivity index (χ0n) is 25.7. The minimum atomic E-state index is -4.05. The molecule has 48 heavy (non-hydrogen) atoms. The number of pyridine rings is 1. The highest BCUT2D eigenvalue weighted by molar-refractivity contribution is 7.90. The van der Waals surface area contributed by atoms with Crippen molar-refractivity contribution in [2.24, 2.45) is 0 Å². The molecule has 2 N–H and O–H groups in total. The average Bonchev–Trinajstić information content (AvgIpc) is 3.03. The molecule has 1 saturated heterocycles. The molecule has 0 aliphatic carbocycles. The Labute approximate surface area is 276 Å².